The molecule has 0 aliphatic carbocycles. The Labute approximate surface area is 180 Å². The quantitative estimate of drug-likeness (QED) is 0.714. The van der Waals surface area contributed by atoms with Crippen LogP contribution in [0.15, 0.2) is 41.3 Å². The van der Waals surface area contributed by atoms with E-state index in [2.05, 4.69) is 31.2 Å². The second kappa shape index (κ2) is 8.89. The zero-order chi connectivity index (χ0) is 22.7. The summed E-state index contributed by atoms with van der Waals surface area (Å²) in [4.78, 5) is 13.0. The largest absolute Gasteiger partial charge is 0.310 e. The number of nitrogens with zero attached hydrogens (tertiary/aromatic N) is 3. The third kappa shape index (κ3) is 5.70. The summed E-state index contributed by atoms with van der Waals surface area (Å²) in [5, 5.41) is 7.57. The van der Waals surface area contributed by atoms with Gasteiger partial charge in [-0.1, -0.05) is 45.9 Å². The molecule has 0 unspecified atom stereocenters. The number of aromatic nitrogens is 2. The van der Waals surface area contributed by atoms with Crippen LogP contribution in [0.25, 0.3) is 0 Å². The van der Waals surface area contributed by atoms with Crippen LogP contribution in [0.1, 0.15) is 60.6 Å². The molecule has 1 N–H and O–H groups in total. The smallest absolute Gasteiger partial charge is 0.243 e. The van der Waals surface area contributed by atoms with E-state index in [1.54, 1.807) is 35.0 Å². The van der Waals surface area contributed by atoms with Crippen LogP contribution < -0.4 is 5.32 Å². The summed E-state index contributed by atoms with van der Waals surface area (Å²) in [7, 11) is -3.76. The van der Waals surface area contributed by atoms with Crippen molar-refractivity contribution >= 4 is 21.7 Å². The molecule has 8 heteroatoms. The second-order valence-electron chi connectivity index (χ2n) is 9.45. The van der Waals surface area contributed by atoms with Gasteiger partial charge >= 0.3 is 0 Å². The zero-order valence-electron chi connectivity index (χ0n) is 19.1. The van der Waals surface area contributed by atoms with Crippen LogP contribution in [-0.2, 0) is 25.8 Å². The molecule has 1 heterocycles. The Kier molecular flexibility index (Phi) is 7.14. The third-order valence-electron chi connectivity index (χ3n) is 4.55. The van der Waals surface area contributed by atoms with E-state index in [0.29, 0.717) is 12.2 Å². The van der Waals surface area contributed by atoms with E-state index >= 15 is 0 Å². The number of rotatable bonds is 7. The minimum absolute atomic E-state index is 0.180. The van der Waals surface area contributed by atoms with E-state index < -0.39 is 15.9 Å². The second-order valence-corrected chi connectivity index (χ2v) is 11.4. The van der Waals surface area contributed by atoms with Gasteiger partial charge in [-0.2, -0.15) is 9.40 Å². The molecule has 0 aliphatic rings. The molecule has 1 aromatic carbocycles. The van der Waals surface area contributed by atoms with E-state index in [0.717, 1.165) is 5.69 Å². The summed E-state index contributed by atoms with van der Waals surface area (Å²) in [6, 6.07) is 10.1. The Balaban J connectivity index is 2.29. The average Bonchev–Trinajstić information content (AvgIpc) is 3.06. The van der Waals surface area contributed by atoms with E-state index in [1.807, 2.05) is 33.8 Å². The van der Waals surface area contributed by atoms with Gasteiger partial charge in [-0.15, -0.1) is 0 Å². The van der Waals surface area contributed by atoms with Gasteiger partial charge in [-0.3, -0.25) is 4.79 Å². The van der Waals surface area contributed by atoms with Crippen LogP contribution in [0.5, 0.6) is 0 Å². The van der Waals surface area contributed by atoms with Gasteiger partial charge in [0.25, 0.3) is 0 Å². The maximum Gasteiger partial charge on any atom is 0.243 e. The summed E-state index contributed by atoms with van der Waals surface area (Å²) in [5.74, 6) is 0.166. The van der Waals surface area contributed by atoms with Gasteiger partial charge in [0.15, 0.2) is 0 Å². The lowest BCUT2D eigenvalue weighted by Gasteiger charge is -2.24. The predicted octanol–water partition coefficient (Wildman–Crippen LogP) is 3.98. The molecule has 0 radical (unpaired) electrons. The third-order valence-corrected chi connectivity index (χ3v) is 6.41. The maximum atomic E-state index is 13.0. The number of carbonyl (C=O) groups is 1. The summed E-state index contributed by atoms with van der Waals surface area (Å²) in [6.07, 6.45) is 0.605. The number of anilines is 1. The Morgan fingerprint density at radius 3 is 2.20 bits per heavy atom. The molecule has 1 amide bonds. The van der Waals surface area contributed by atoms with E-state index in [-0.39, 0.29) is 28.9 Å². The van der Waals surface area contributed by atoms with Crippen LogP contribution in [0, 0.1) is 0 Å². The highest BCUT2D eigenvalue weighted by Gasteiger charge is 2.28. The first kappa shape index (κ1) is 24.1. The Morgan fingerprint density at radius 2 is 1.70 bits per heavy atom. The topological polar surface area (TPSA) is 84.3 Å². The molecule has 0 aliphatic heterocycles. The molecule has 0 bridgehead atoms. The van der Waals surface area contributed by atoms with Crippen LogP contribution in [0.2, 0.25) is 0 Å². The van der Waals surface area contributed by atoms with Gasteiger partial charge in [0.1, 0.15) is 5.82 Å². The Hall–Kier alpha value is -2.19. The molecule has 2 rings (SSSR count). The number of hydrogen-bond donors (Lipinski definition) is 1. The molecule has 7 nitrogen and oxygen atoms in total. The van der Waals surface area contributed by atoms with Crippen LogP contribution in [0.4, 0.5) is 5.82 Å². The number of sulfonamides is 1. The van der Waals surface area contributed by atoms with Crippen molar-refractivity contribution in [2.24, 2.45) is 0 Å². The first-order valence-corrected chi connectivity index (χ1v) is 11.7. The first-order chi connectivity index (χ1) is 13.8. The highest BCUT2D eigenvalue weighted by atomic mass is 32.2. The number of nitrogens with one attached hydrogen (secondary N) is 1. The lowest BCUT2D eigenvalue weighted by Crippen LogP contribution is -2.39. The fourth-order valence-corrected chi connectivity index (χ4v) is 4.48. The number of amides is 1. The van der Waals surface area contributed by atoms with Crippen molar-refractivity contribution in [2.75, 3.05) is 18.4 Å². The molecular weight excluding hydrogens is 400 g/mol. The first-order valence-electron chi connectivity index (χ1n) is 10.2. The van der Waals surface area contributed by atoms with Gasteiger partial charge < -0.3 is 5.32 Å². The monoisotopic (exact) mass is 434 g/mol. The lowest BCUT2D eigenvalue weighted by atomic mass is 9.92. The van der Waals surface area contributed by atoms with Crippen molar-refractivity contribution in [1.29, 1.82) is 0 Å². The molecule has 30 heavy (non-hydrogen) atoms. The Morgan fingerprint density at radius 1 is 1.10 bits per heavy atom. The van der Waals surface area contributed by atoms with Crippen LogP contribution in [0.3, 0.4) is 0 Å². The van der Waals surface area contributed by atoms with Crippen molar-refractivity contribution in [1.82, 2.24) is 14.1 Å². The number of hydrogen-bond acceptors (Lipinski definition) is 4. The van der Waals surface area contributed by atoms with E-state index in [9.17, 15) is 13.2 Å². The SMILES string of the molecule is CCCN(CC(=O)Nc1cc(C(C)(C)C)nn1C(C)(C)C)S(=O)(=O)c1ccccc1. The number of carbonyl (C=O) groups excluding carboxylic acids is 1. The van der Waals surface area contributed by atoms with Gasteiger partial charge in [-0.05, 0) is 39.3 Å². The van der Waals surface area contributed by atoms with Crippen molar-refractivity contribution < 1.29 is 13.2 Å². The van der Waals surface area contributed by atoms with Crippen molar-refractivity contribution in [3.8, 4) is 0 Å². The molecule has 0 spiro atoms. The van der Waals surface area contributed by atoms with E-state index in [1.165, 1.54) is 4.31 Å². The summed E-state index contributed by atoms with van der Waals surface area (Å²) in [6.45, 7) is 14.1. The average molecular weight is 435 g/mol. The molecule has 2 aromatic rings. The molecular formula is C22H34N4O3S. The van der Waals surface area contributed by atoms with Gasteiger partial charge in [0.05, 0.1) is 22.7 Å². The van der Waals surface area contributed by atoms with Gasteiger partial charge in [0, 0.05) is 18.0 Å². The van der Waals surface area contributed by atoms with Gasteiger partial charge in [-0.25, -0.2) is 13.1 Å². The fraction of sp³-hybridized carbons (Fsp3) is 0.545. The summed E-state index contributed by atoms with van der Waals surface area (Å²) >= 11 is 0. The fourth-order valence-electron chi connectivity index (χ4n) is 2.97. The molecule has 1 aromatic heterocycles. The lowest BCUT2D eigenvalue weighted by molar-refractivity contribution is -0.116. The molecule has 0 saturated heterocycles. The zero-order valence-corrected chi connectivity index (χ0v) is 19.9. The molecule has 0 saturated carbocycles. The van der Waals surface area contributed by atoms with E-state index in [4.69, 9.17) is 0 Å². The standard InChI is InChI=1S/C22H34N4O3S/c1-8-14-25(30(28,29)17-12-10-9-11-13-17)16-20(27)23-19-15-18(21(2,3)4)24-26(19)22(5,6)7/h9-13,15H,8,14,16H2,1-7H3,(H,23,27). The molecule has 0 fully saturated rings. The summed E-state index contributed by atoms with van der Waals surface area (Å²) < 4.78 is 29.0. The highest BCUT2D eigenvalue weighted by molar-refractivity contribution is 7.89. The van der Waals surface area contributed by atoms with Crippen molar-refractivity contribution in [2.45, 2.75) is 70.7 Å². The van der Waals surface area contributed by atoms with Crippen LogP contribution in [-0.4, -0.2) is 41.5 Å². The minimum atomic E-state index is -3.76. The molecule has 0 atom stereocenters. The maximum absolute atomic E-state index is 13.0. The molecule has 166 valence electrons. The Bertz CT molecular complexity index is 968. The van der Waals surface area contributed by atoms with Crippen LogP contribution >= 0.6 is 0 Å². The normalized spacial score (nSPS) is 12.9. The van der Waals surface area contributed by atoms with Gasteiger partial charge in [0.2, 0.25) is 15.9 Å². The van der Waals surface area contributed by atoms with Crippen molar-refractivity contribution in [3.63, 3.8) is 0 Å². The predicted molar refractivity (Wildman–Crippen MR) is 120 cm³/mol. The minimum Gasteiger partial charge on any atom is -0.310 e. The highest BCUT2D eigenvalue weighted by Crippen LogP contribution is 2.28. The summed E-state index contributed by atoms with van der Waals surface area (Å²) in [5.41, 5.74) is 0.335. The van der Waals surface area contributed by atoms with Crippen molar-refractivity contribution in [3.05, 3.63) is 42.1 Å². The number of benzene rings is 1.